The van der Waals surface area contributed by atoms with Gasteiger partial charge in [-0.25, -0.2) is 18.0 Å². The lowest BCUT2D eigenvalue weighted by molar-refractivity contribution is -0.137. The summed E-state index contributed by atoms with van der Waals surface area (Å²) in [7, 11) is -3.96. The lowest BCUT2D eigenvalue weighted by atomic mass is 10.0. The zero-order valence-corrected chi connectivity index (χ0v) is 21.0. The van der Waals surface area contributed by atoms with Crippen LogP contribution in [-0.4, -0.2) is 20.4 Å². The van der Waals surface area contributed by atoms with Gasteiger partial charge in [0.15, 0.2) is 0 Å². The Balaban J connectivity index is 1.63. The molecule has 1 aromatic heterocycles. The summed E-state index contributed by atoms with van der Waals surface area (Å²) >= 11 is 0. The van der Waals surface area contributed by atoms with Gasteiger partial charge in [0.25, 0.3) is 0 Å². The van der Waals surface area contributed by atoms with Crippen molar-refractivity contribution in [1.29, 1.82) is 0 Å². The highest BCUT2D eigenvalue weighted by molar-refractivity contribution is 7.89. The van der Waals surface area contributed by atoms with Crippen LogP contribution in [0.25, 0.3) is 22.1 Å². The van der Waals surface area contributed by atoms with Gasteiger partial charge < -0.3 is 9.15 Å². The van der Waals surface area contributed by atoms with Crippen molar-refractivity contribution in [1.82, 2.24) is 4.72 Å². The van der Waals surface area contributed by atoms with E-state index in [4.69, 9.17) is 9.15 Å². The molecule has 8 heteroatoms. The number of hydrogen-bond acceptors (Lipinski definition) is 6. The van der Waals surface area contributed by atoms with E-state index >= 15 is 0 Å². The first-order chi connectivity index (χ1) is 17.2. The van der Waals surface area contributed by atoms with Crippen molar-refractivity contribution in [3.63, 3.8) is 0 Å². The zero-order valence-electron chi connectivity index (χ0n) is 20.2. The highest BCUT2D eigenvalue weighted by atomic mass is 32.2. The lowest BCUT2D eigenvalue weighted by Crippen LogP contribution is -2.46. The van der Waals surface area contributed by atoms with E-state index in [0.717, 1.165) is 11.1 Å². The molecule has 1 N–H and O–H groups in total. The van der Waals surface area contributed by atoms with E-state index in [1.165, 1.54) is 24.3 Å². The number of esters is 1. The van der Waals surface area contributed by atoms with Gasteiger partial charge in [0, 0.05) is 17.5 Å². The second-order valence-corrected chi connectivity index (χ2v) is 10.4. The number of carbonyl (C=O) groups is 1. The number of aryl methyl sites for hydroxylation is 1. The topological polar surface area (TPSA) is 103 Å². The van der Waals surface area contributed by atoms with Gasteiger partial charge >= 0.3 is 11.6 Å². The van der Waals surface area contributed by atoms with Crippen LogP contribution in [0.2, 0.25) is 0 Å². The summed E-state index contributed by atoms with van der Waals surface area (Å²) < 4.78 is 39.3. The zero-order chi connectivity index (χ0) is 25.9. The molecule has 0 fully saturated rings. The molecular weight excluding hydrogens is 478 g/mol. The largest absolute Gasteiger partial charge is 0.425 e. The Morgan fingerprint density at radius 3 is 2.36 bits per heavy atom. The maximum absolute atomic E-state index is 13.1. The first-order valence-electron chi connectivity index (χ1n) is 11.6. The maximum atomic E-state index is 13.1. The number of hydrogen-bond donors (Lipinski definition) is 1. The van der Waals surface area contributed by atoms with Crippen molar-refractivity contribution in [2.75, 3.05) is 0 Å². The number of sulfonamides is 1. The summed E-state index contributed by atoms with van der Waals surface area (Å²) in [6.07, 6.45) is 0.545. The Morgan fingerprint density at radius 2 is 1.69 bits per heavy atom. The van der Waals surface area contributed by atoms with E-state index in [9.17, 15) is 18.0 Å². The van der Waals surface area contributed by atoms with Crippen molar-refractivity contribution in [3.05, 3.63) is 94.8 Å². The van der Waals surface area contributed by atoms with Crippen LogP contribution in [-0.2, 0) is 14.8 Å². The molecule has 7 nitrogen and oxygen atoms in total. The van der Waals surface area contributed by atoms with E-state index in [1.54, 1.807) is 31.2 Å². The van der Waals surface area contributed by atoms with Crippen LogP contribution in [0.5, 0.6) is 5.75 Å². The molecule has 1 heterocycles. The normalized spacial score (nSPS) is 13.3. The summed E-state index contributed by atoms with van der Waals surface area (Å²) in [4.78, 5) is 25.4. The molecule has 0 aliphatic heterocycles. The number of benzene rings is 3. The monoisotopic (exact) mass is 505 g/mol. The first kappa shape index (κ1) is 25.3. The second kappa shape index (κ2) is 10.5. The summed E-state index contributed by atoms with van der Waals surface area (Å²) in [6, 6.07) is 20.8. The minimum absolute atomic E-state index is 0.0649. The van der Waals surface area contributed by atoms with Crippen LogP contribution in [0.4, 0.5) is 0 Å². The molecule has 2 atom stereocenters. The van der Waals surface area contributed by atoms with E-state index in [0.29, 0.717) is 17.4 Å². The fraction of sp³-hybridized carbons (Fsp3) is 0.214. The van der Waals surface area contributed by atoms with E-state index in [-0.39, 0.29) is 22.1 Å². The molecular formula is C28H27NO6S. The summed E-state index contributed by atoms with van der Waals surface area (Å²) in [5.41, 5.74) is 2.19. The molecule has 3 aromatic carbocycles. The Bertz CT molecular complexity index is 1540. The molecule has 0 unspecified atom stereocenters. The van der Waals surface area contributed by atoms with Crippen molar-refractivity contribution < 1.29 is 22.4 Å². The third-order valence-electron chi connectivity index (χ3n) is 6.10. The molecule has 0 amide bonds. The number of ether oxygens (including phenoxy) is 1. The van der Waals surface area contributed by atoms with Gasteiger partial charge in [0.05, 0.1) is 4.90 Å². The third kappa shape index (κ3) is 5.56. The molecule has 0 aliphatic rings. The van der Waals surface area contributed by atoms with E-state index < -0.39 is 27.7 Å². The number of carbonyl (C=O) groups excluding carboxylic acids is 1. The maximum Gasteiger partial charge on any atom is 0.336 e. The predicted molar refractivity (Wildman–Crippen MR) is 138 cm³/mol. The van der Waals surface area contributed by atoms with Crippen LogP contribution < -0.4 is 15.1 Å². The number of rotatable bonds is 8. The minimum atomic E-state index is -3.96. The van der Waals surface area contributed by atoms with Gasteiger partial charge in [0.2, 0.25) is 10.0 Å². The quantitative estimate of drug-likeness (QED) is 0.204. The molecule has 0 saturated heterocycles. The number of nitrogens with one attached hydrogen (secondary N) is 1. The van der Waals surface area contributed by atoms with Crippen molar-refractivity contribution in [2.24, 2.45) is 5.92 Å². The van der Waals surface area contributed by atoms with Gasteiger partial charge in [0.1, 0.15) is 17.4 Å². The highest BCUT2D eigenvalue weighted by Crippen LogP contribution is 2.30. The SMILES string of the molecule is CC[C@H](C)[C@@H](NS(=O)(=O)c1ccc(C)cc1)C(=O)Oc1ccc2c(-c3ccccc3)cc(=O)oc2c1. The highest BCUT2D eigenvalue weighted by Gasteiger charge is 2.31. The summed E-state index contributed by atoms with van der Waals surface area (Å²) in [5, 5.41) is 0.680. The summed E-state index contributed by atoms with van der Waals surface area (Å²) in [6.45, 7) is 5.49. The fourth-order valence-corrected chi connectivity index (χ4v) is 5.12. The van der Waals surface area contributed by atoms with Crippen LogP contribution in [0.3, 0.4) is 0 Å². The van der Waals surface area contributed by atoms with Crippen LogP contribution in [0.15, 0.2) is 93.0 Å². The van der Waals surface area contributed by atoms with Crippen LogP contribution in [0, 0.1) is 12.8 Å². The molecule has 0 saturated carbocycles. The van der Waals surface area contributed by atoms with Crippen molar-refractivity contribution in [3.8, 4) is 16.9 Å². The van der Waals surface area contributed by atoms with Crippen molar-refractivity contribution in [2.45, 2.75) is 38.1 Å². The average molecular weight is 506 g/mol. The van der Waals surface area contributed by atoms with Gasteiger partial charge in [-0.3, -0.25) is 0 Å². The van der Waals surface area contributed by atoms with E-state index in [2.05, 4.69) is 4.72 Å². The molecule has 36 heavy (non-hydrogen) atoms. The molecule has 0 spiro atoms. The van der Waals surface area contributed by atoms with Crippen LogP contribution in [0.1, 0.15) is 25.8 Å². The molecule has 4 rings (SSSR count). The second-order valence-electron chi connectivity index (χ2n) is 8.72. The fourth-order valence-electron chi connectivity index (χ4n) is 3.83. The smallest absolute Gasteiger partial charge is 0.336 e. The minimum Gasteiger partial charge on any atom is -0.425 e. The molecule has 4 aromatic rings. The van der Waals surface area contributed by atoms with Gasteiger partial charge in [-0.15, -0.1) is 0 Å². The van der Waals surface area contributed by atoms with E-state index in [1.807, 2.05) is 44.2 Å². The van der Waals surface area contributed by atoms with Gasteiger partial charge in [-0.05, 0) is 48.2 Å². The Hall–Kier alpha value is -3.75. The third-order valence-corrected chi connectivity index (χ3v) is 7.56. The Labute approximate surface area is 209 Å². The molecule has 0 radical (unpaired) electrons. The average Bonchev–Trinajstić information content (AvgIpc) is 2.87. The van der Waals surface area contributed by atoms with Crippen LogP contribution >= 0.6 is 0 Å². The molecule has 186 valence electrons. The number of fused-ring (bicyclic) bond motifs is 1. The standard InChI is InChI=1S/C28H27NO6S/c1-4-19(3)27(29-36(32,33)22-13-10-18(2)11-14-22)28(31)34-21-12-15-23-24(20-8-6-5-7-9-20)17-26(30)35-25(23)16-21/h5-17,19,27,29H,4H2,1-3H3/t19-,27+/m0/s1. The lowest BCUT2D eigenvalue weighted by Gasteiger charge is -2.22. The molecule has 0 bridgehead atoms. The molecule has 0 aliphatic carbocycles. The Morgan fingerprint density at radius 1 is 1.00 bits per heavy atom. The Kier molecular flexibility index (Phi) is 7.37. The van der Waals surface area contributed by atoms with Gasteiger partial charge in [-0.2, -0.15) is 4.72 Å². The predicted octanol–water partition coefficient (Wildman–Crippen LogP) is 5.07. The van der Waals surface area contributed by atoms with Gasteiger partial charge in [-0.1, -0.05) is 68.3 Å². The summed E-state index contributed by atoms with van der Waals surface area (Å²) in [5.74, 6) is -0.939. The first-order valence-corrected chi connectivity index (χ1v) is 13.1. The van der Waals surface area contributed by atoms with Crippen molar-refractivity contribution >= 4 is 27.0 Å².